The lowest BCUT2D eigenvalue weighted by Gasteiger charge is -2.32. The van der Waals surface area contributed by atoms with Crippen molar-refractivity contribution in [3.63, 3.8) is 0 Å². The van der Waals surface area contributed by atoms with Crippen molar-refractivity contribution in [1.82, 2.24) is 30.0 Å². The number of aromatic nitrogens is 2. The number of nitrogens with zero attached hydrogens (tertiary/aromatic N) is 6. The molecular formula is C30H41N7O4. The molecule has 1 saturated heterocycles. The van der Waals surface area contributed by atoms with Crippen LogP contribution in [0.5, 0.6) is 11.5 Å². The molecule has 0 amide bonds. The summed E-state index contributed by atoms with van der Waals surface area (Å²) in [4.78, 5) is 21.0. The van der Waals surface area contributed by atoms with Crippen molar-refractivity contribution < 1.29 is 18.9 Å². The molecule has 1 aromatic heterocycles. The molecule has 2 bridgehead atoms. The van der Waals surface area contributed by atoms with Crippen LogP contribution in [0.3, 0.4) is 0 Å². The zero-order valence-electron chi connectivity index (χ0n) is 24.2. The van der Waals surface area contributed by atoms with E-state index in [0.29, 0.717) is 42.3 Å². The van der Waals surface area contributed by atoms with E-state index in [-0.39, 0.29) is 12.9 Å². The Morgan fingerprint density at radius 2 is 2.02 bits per heavy atom. The number of piperazine rings is 1. The molecule has 11 heteroatoms. The Morgan fingerprint density at radius 1 is 1.12 bits per heavy atom. The van der Waals surface area contributed by atoms with Crippen molar-refractivity contribution in [1.29, 1.82) is 0 Å². The van der Waals surface area contributed by atoms with Crippen LogP contribution in [0.2, 0.25) is 0 Å². The van der Waals surface area contributed by atoms with E-state index in [1.807, 2.05) is 12.3 Å². The predicted octanol–water partition coefficient (Wildman–Crippen LogP) is 1.10. The number of likely N-dealkylation sites (N-methyl/N-ethyl adjacent to an activating group) is 1. The molecule has 4 aliphatic heterocycles. The van der Waals surface area contributed by atoms with Crippen molar-refractivity contribution in [2.75, 3.05) is 79.4 Å². The molecule has 1 atom stereocenters. The number of ether oxygens (including phenoxy) is 4. The van der Waals surface area contributed by atoms with Gasteiger partial charge in [0, 0.05) is 88.1 Å². The molecule has 0 spiro atoms. The molecule has 6 rings (SSSR count). The Kier molecular flexibility index (Phi) is 8.95. The molecular weight excluding hydrogens is 522 g/mol. The second-order valence-electron chi connectivity index (χ2n) is 11.1. The van der Waals surface area contributed by atoms with E-state index in [1.165, 1.54) is 6.33 Å². The third-order valence-corrected chi connectivity index (χ3v) is 7.94. The van der Waals surface area contributed by atoms with E-state index in [2.05, 4.69) is 56.2 Å². The average molecular weight is 564 g/mol. The zero-order chi connectivity index (χ0) is 28.0. The van der Waals surface area contributed by atoms with E-state index in [4.69, 9.17) is 23.9 Å². The number of benzene rings is 1. The molecule has 1 fully saturated rings. The molecule has 0 aliphatic carbocycles. The van der Waals surface area contributed by atoms with Crippen molar-refractivity contribution in [2.24, 2.45) is 4.99 Å². The monoisotopic (exact) mass is 563 g/mol. The fraction of sp³-hybridized carbons (Fsp3) is 0.567. The average Bonchev–Trinajstić information content (AvgIpc) is 3.44. The van der Waals surface area contributed by atoms with Crippen LogP contribution in [0.15, 0.2) is 29.5 Å². The second kappa shape index (κ2) is 13.2. The SMILES string of the molecule is CC1Cc2cncnc2/N=c2\c3c(cc4c2=CN(CCNCCCO1)C(OCCCN1CCN(C)CC1)=C4)OCO3. The highest BCUT2D eigenvalue weighted by Crippen LogP contribution is 2.30. The number of rotatable bonds is 5. The zero-order valence-corrected chi connectivity index (χ0v) is 24.2. The first-order chi connectivity index (χ1) is 20.1. The summed E-state index contributed by atoms with van der Waals surface area (Å²) in [7, 11) is 2.19. The molecule has 41 heavy (non-hydrogen) atoms. The highest BCUT2D eigenvalue weighted by atomic mass is 16.7. The molecule has 5 heterocycles. The normalized spacial score (nSPS) is 22.7. The molecule has 220 valence electrons. The lowest BCUT2D eigenvalue weighted by molar-refractivity contribution is 0.0647. The molecule has 0 radical (unpaired) electrons. The topological polar surface area (TPSA) is 96.8 Å². The first kappa shape index (κ1) is 27.9. The standard InChI is InChI=1S/C30H41N7O4/c1-22-15-24-18-32-20-33-30(24)34-28-25-19-37(8-6-31-5-3-13-38-22)27(17-23(25)16-26-29(28)41-21-40-26)39-14-4-7-36-11-9-35(2)10-12-36/h16-20,22,31H,3-15,21H2,1-2H3/b34-28-. The van der Waals surface area contributed by atoms with Gasteiger partial charge >= 0.3 is 0 Å². The Bertz CT molecular complexity index is 1360. The number of fused-ring (bicyclic) bond motifs is 4. The third-order valence-electron chi connectivity index (χ3n) is 7.94. The van der Waals surface area contributed by atoms with Gasteiger partial charge in [-0.3, -0.25) is 0 Å². The van der Waals surface area contributed by atoms with Gasteiger partial charge in [0.2, 0.25) is 6.79 Å². The van der Waals surface area contributed by atoms with Crippen LogP contribution < -0.4 is 25.4 Å². The quantitative estimate of drug-likeness (QED) is 0.533. The van der Waals surface area contributed by atoms with Crippen LogP contribution in [0, 0.1) is 0 Å². The molecule has 4 aliphatic rings. The van der Waals surface area contributed by atoms with Gasteiger partial charge in [-0.15, -0.1) is 0 Å². The summed E-state index contributed by atoms with van der Waals surface area (Å²) in [5.74, 6) is 2.77. The van der Waals surface area contributed by atoms with Crippen molar-refractivity contribution in [2.45, 2.75) is 32.3 Å². The lowest BCUT2D eigenvalue weighted by Crippen LogP contribution is -2.44. The highest BCUT2D eigenvalue weighted by molar-refractivity contribution is 5.63. The fourth-order valence-corrected chi connectivity index (χ4v) is 5.57. The molecule has 11 nitrogen and oxygen atoms in total. The fourth-order valence-electron chi connectivity index (χ4n) is 5.57. The van der Waals surface area contributed by atoms with Gasteiger partial charge in [-0.2, -0.15) is 0 Å². The van der Waals surface area contributed by atoms with Gasteiger partial charge in [0.05, 0.1) is 12.7 Å². The van der Waals surface area contributed by atoms with Gasteiger partial charge in [0.15, 0.2) is 23.2 Å². The number of hydrogen-bond acceptors (Lipinski definition) is 11. The minimum absolute atomic E-state index is 0.0267. The van der Waals surface area contributed by atoms with Crippen LogP contribution in [0.4, 0.5) is 5.82 Å². The second-order valence-corrected chi connectivity index (χ2v) is 11.1. The number of nitrogens with one attached hydrogen (secondary N) is 1. The Morgan fingerprint density at radius 3 is 2.93 bits per heavy atom. The van der Waals surface area contributed by atoms with E-state index in [1.54, 1.807) is 0 Å². The van der Waals surface area contributed by atoms with Crippen molar-refractivity contribution in [3.05, 3.63) is 46.2 Å². The van der Waals surface area contributed by atoms with Gasteiger partial charge < -0.3 is 39.0 Å². The summed E-state index contributed by atoms with van der Waals surface area (Å²) in [5, 5.41) is 5.23. The predicted molar refractivity (Wildman–Crippen MR) is 155 cm³/mol. The summed E-state index contributed by atoms with van der Waals surface area (Å²) in [6.45, 7) is 11.6. The van der Waals surface area contributed by atoms with Gasteiger partial charge in [-0.25, -0.2) is 15.0 Å². The smallest absolute Gasteiger partial charge is 0.231 e. The minimum Gasteiger partial charge on any atom is -0.479 e. The number of hydrogen-bond donors (Lipinski definition) is 1. The Hall–Kier alpha value is -3.25. The maximum atomic E-state index is 6.43. The van der Waals surface area contributed by atoms with E-state index in [9.17, 15) is 0 Å². The van der Waals surface area contributed by atoms with Gasteiger partial charge in [-0.05, 0) is 45.0 Å². The first-order valence-corrected chi connectivity index (χ1v) is 14.8. The van der Waals surface area contributed by atoms with Gasteiger partial charge in [-0.1, -0.05) is 0 Å². The Balaban J connectivity index is 1.32. The molecule has 2 aromatic rings. The first-order valence-electron chi connectivity index (χ1n) is 14.8. The summed E-state index contributed by atoms with van der Waals surface area (Å²) in [6, 6.07) is 2.02. The van der Waals surface area contributed by atoms with Gasteiger partial charge in [0.1, 0.15) is 11.7 Å². The van der Waals surface area contributed by atoms with E-state index >= 15 is 0 Å². The van der Waals surface area contributed by atoms with Gasteiger partial charge in [0.25, 0.3) is 0 Å². The van der Waals surface area contributed by atoms with Crippen LogP contribution >= 0.6 is 0 Å². The lowest BCUT2D eigenvalue weighted by atomic mass is 10.1. The van der Waals surface area contributed by atoms with Crippen molar-refractivity contribution in [3.8, 4) is 11.5 Å². The summed E-state index contributed by atoms with van der Waals surface area (Å²) in [6.07, 6.45) is 10.2. The molecule has 1 N–H and O–H groups in total. The van der Waals surface area contributed by atoms with Crippen LogP contribution in [0.1, 0.15) is 30.9 Å². The summed E-state index contributed by atoms with van der Waals surface area (Å²) >= 11 is 0. The maximum Gasteiger partial charge on any atom is 0.231 e. The van der Waals surface area contributed by atoms with Crippen LogP contribution in [0.25, 0.3) is 12.3 Å². The van der Waals surface area contributed by atoms with Crippen LogP contribution in [-0.4, -0.2) is 110 Å². The largest absolute Gasteiger partial charge is 0.479 e. The molecule has 1 aromatic carbocycles. The van der Waals surface area contributed by atoms with Crippen molar-refractivity contribution >= 4 is 18.1 Å². The maximum absolute atomic E-state index is 6.43. The van der Waals surface area contributed by atoms with Crippen LogP contribution in [-0.2, 0) is 15.9 Å². The third kappa shape index (κ3) is 6.81. The summed E-state index contributed by atoms with van der Waals surface area (Å²) < 4.78 is 24.3. The molecule has 1 unspecified atom stereocenters. The van der Waals surface area contributed by atoms with E-state index in [0.717, 1.165) is 87.4 Å². The minimum atomic E-state index is 0.0267. The Labute approximate surface area is 241 Å². The van der Waals surface area contributed by atoms with E-state index < -0.39 is 0 Å². The highest BCUT2D eigenvalue weighted by Gasteiger charge is 2.24. The summed E-state index contributed by atoms with van der Waals surface area (Å²) in [5.41, 5.74) is 1.92. The molecule has 0 saturated carbocycles.